The van der Waals surface area contributed by atoms with Gasteiger partial charge in [0.1, 0.15) is 11.4 Å². The van der Waals surface area contributed by atoms with E-state index in [0.29, 0.717) is 5.52 Å². The zero-order valence-electron chi connectivity index (χ0n) is 18.3. The maximum Gasteiger partial charge on any atom is 0.396 e. The van der Waals surface area contributed by atoms with Gasteiger partial charge in [0, 0.05) is 23.7 Å². The van der Waals surface area contributed by atoms with Crippen LogP contribution in [-0.2, 0) is 4.57 Å². The summed E-state index contributed by atoms with van der Waals surface area (Å²) in [5.74, 6) is -1.92. The Labute approximate surface area is 188 Å². The fourth-order valence-corrected chi connectivity index (χ4v) is 4.21. The Morgan fingerprint density at radius 2 is 1.88 bits per heavy atom. The summed E-state index contributed by atoms with van der Waals surface area (Å²) in [6.45, 7) is 1.88. The van der Waals surface area contributed by atoms with Crippen LogP contribution in [0.1, 0.15) is 62.4 Å². The van der Waals surface area contributed by atoms with Gasteiger partial charge in [0.15, 0.2) is 0 Å². The molecule has 1 aliphatic rings. The van der Waals surface area contributed by atoms with Crippen molar-refractivity contribution in [3.05, 3.63) is 39.9 Å². The van der Waals surface area contributed by atoms with Crippen LogP contribution in [-0.4, -0.2) is 38.5 Å². The summed E-state index contributed by atoms with van der Waals surface area (Å²) in [7, 11) is -5.81. The number of carbonyl (C=O) groups is 1. The van der Waals surface area contributed by atoms with Crippen LogP contribution in [0.4, 0.5) is 18.9 Å². The highest BCUT2D eigenvalue weighted by atomic mass is 31.2. The second-order valence-electron chi connectivity index (χ2n) is 8.59. The van der Waals surface area contributed by atoms with Crippen LogP contribution < -0.4 is 16.1 Å². The summed E-state index contributed by atoms with van der Waals surface area (Å²) in [6, 6.07) is 2.36. The molecule has 1 aliphatic carbocycles. The highest BCUT2D eigenvalue weighted by Crippen LogP contribution is 2.52. The van der Waals surface area contributed by atoms with Crippen LogP contribution in [0.5, 0.6) is 0 Å². The number of benzene rings is 1. The molecule has 0 unspecified atom stereocenters. The Hall–Kier alpha value is -2.36. The van der Waals surface area contributed by atoms with Crippen molar-refractivity contribution >= 4 is 30.1 Å². The van der Waals surface area contributed by atoms with Crippen molar-refractivity contribution in [3.8, 4) is 0 Å². The Kier molecular flexibility index (Phi) is 7.26. The summed E-state index contributed by atoms with van der Waals surface area (Å²) in [5.41, 5.74) is -5.30. The summed E-state index contributed by atoms with van der Waals surface area (Å²) < 4.78 is 54.4. The first-order valence-corrected chi connectivity index (χ1v) is 12.3. The number of amides is 1. The van der Waals surface area contributed by atoms with E-state index in [1.165, 1.54) is 12.3 Å². The van der Waals surface area contributed by atoms with E-state index in [2.05, 4.69) is 5.32 Å². The molecule has 0 spiro atoms. The van der Waals surface area contributed by atoms with Crippen LogP contribution >= 0.6 is 7.60 Å². The normalized spacial score (nSPS) is 15.8. The molecule has 0 saturated heterocycles. The zero-order valence-corrected chi connectivity index (χ0v) is 19.2. The number of anilines is 1. The van der Waals surface area contributed by atoms with Crippen molar-refractivity contribution in [2.45, 2.75) is 63.7 Å². The number of alkyl halides is 2. The van der Waals surface area contributed by atoms with E-state index in [1.807, 2.05) is 0 Å². The standard InChI is InChI=1S/C21H27F3N3O5P/c1-12(2)27-10-15(20(29)25-11-21(23,24)33(30,31)32)19(28)14-8-16(22)17(9-18(14)27)26-13-6-4-3-5-7-13/h8-10,12-13,26H,3-7,11H2,1-2H3,(H,25,29)(H2,30,31,32). The molecule has 1 aromatic carbocycles. The topological polar surface area (TPSA) is 121 Å². The van der Waals surface area contributed by atoms with Gasteiger partial charge in [0.25, 0.3) is 5.91 Å². The third-order valence-corrected chi connectivity index (χ3v) is 6.78. The maximum atomic E-state index is 14.9. The van der Waals surface area contributed by atoms with Crippen molar-refractivity contribution in [3.63, 3.8) is 0 Å². The lowest BCUT2D eigenvalue weighted by atomic mass is 9.95. The van der Waals surface area contributed by atoms with Gasteiger partial charge in [-0.05, 0) is 38.8 Å². The van der Waals surface area contributed by atoms with Crippen LogP contribution in [0.2, 0.25) is 0 Å². The average Bonchev–Trinajstić information content (AvgIpc) is 2.73. The Morgan fingerprint density at radius 1 is 1.24 bits per heavy atom. The average molecular weight is 489 g/mol. The van der Waals surface area contributed by atoms with Crippen molar-refractivity contribution < 1.29 is 32.3 Å². The molecule has 1 fully saturated rings. The molecule has 1 heterocycles. The number of pyridine rings is 1. The molecule has 0 bridgehead atoms. The molecule has 1 aromatic heterocycles. The van der Waals surface area contributed by atoms with E-state index in [9.17, 15) is 27.3 Å². The number of fused-ring (bicyclic) bond motifs is 1. The van der Waals surface area contributed by atoms with E-state index in [-0.39, 0.29) is 23.2 Å². The first kappa shape index (κ1) is 25.3. The lowest BCUT2D eigenvalue weighted by Crippen LogP contribution is -2.38. The summed E-state index contributed by atoms with van der Waals surface area (Å²) >= 11 is 0. The predicted molar refractivity (Wildman–Crippen MR) is 118 cm³/mol. The number of nitrogens with zero attached hydrogens (tertiary/aromatic N) is 1. The van der Waals surface area contributed by atoms with Gasteiger partial charge in [-0.3, -0.25) is 14.2 Å². The molecule has 4 N–H and O–H groups in total. The molecule has 2 aromatic rings. The molecule has 0 atom stereocenters. The zero-order chi connectivity index (χ0) is 24.6. The van der Waals surface area contributed by atoms with Gasteiger partial charge < -0.3 is 25.0 Å². The van der Waals surface area contributed by atoms with Crippen molar-refractivity contribution in [2.24, 2.45) is 0 Å². The van der Waals surface area contributed by atoms with Crippen molar-refractivity contribution in [1.29, 1.82) is 0 Å². The van der Waals surface area contributed by atoms with Gasteiger partial charge >= 0.3 is 13.3 Å². The first-order chi connectivity index (χ1) is 15.3. The summed E-state index contributed by atoms with van der Waals surface area (Å²) in [4.78, 5) is 42.8. The van der Waals surface area contributed by atoms with Gasteiger partial charge in [-0.15, -0.1) is 0 Å². The van der Waals surface area contributed by atoms with E-state index < -0.39 is 42.5 Å². The summed E-state index contributed by atoms with van der Waals surface area (Å²) in [5, 5.41) is 4.78. The number of nitrogens with one attached hydrogen (secondary N) is 2. The van der Waals surface area contributed by atoms with Crippen LogP contribution in [0.15, 0.2) is 23.1 Å². The van der Waals surface area contributed by atoms with E-state index in [0.717, 1.165) is 38.2 Å². The number of hydrogen-bond acceptors (Lipinski definition) is 4. The Balaban J connectivity index is 2.00. The van der Waals surface area contributed by atoms with E-state index in [4.69, 9.17) is 9.79 Å². The second-order valence-corrected chi connectivity index (χ2v) is 10.3. The van der Waals surface area contributed by atoms with Crippen LogP contribution in [0.25, 0.3) is 10.9 Å². The Morgan fingerprint density at radius 3 is 2.45 bits per heavy atom. The van der Waals surface area contributed by atoms with Crippen molar-refractivity contribution in [1.82, 2.24) is 9.88 Å². The predicted octanol–water partition coefficient (Wildman–Crippen LogP) is 3.97. The molecule has 3 rings (SSSR count). The van der Waals surface area contributed by atoms with Crippen molar-refractivity contribution in [2.75, 3.05) is 11.9 Å². The fourth-order valence-electron chi connectivity index (χ4n) is 3.92. The van der Waals surface area contributed by atoms with E-state index in [1.54, 1.807) is 23.7 Å². The second kappa shape index (κ2) is 9.48. The highest BCUT2D eigenvalue weighted by molar-refractivity contribution is 7.53. The third kappa shape index (κ3) is 5.42. The number of carbonyl (C=O) groups excluding carboxylic acids is 1. The molecule has 182 valence electrons. The minimum Gasteiger partial charge on any atom is -0.380 e. The highest BCUT2D eigenvalue weighted by Gasteiger charge is 2.48. The van der Waals surface area contributed by atoms with E-state index >= 15 is 0 Å². The molecule has 8 nitrogen and oxygen atoms in total. The summed E-state index contributed by atoms with van der Waals surface area (Å²) in [6.07, 6.45) is 6.23. The molecular weight excluding hydrogens is 462 g/mol. The van der Waals surface area contributed by atoms with Crippen LogP contribution in [0, 0.1) is 5.82 Å². The van der Waals surface area contributed by atoms with Crippen LogP contribution in [0.3, 0.4) is 0 Å². The number of halogens is 3. The quantitative estimate of drug-likeness (QED) is 0.437. The molecule has 1 amide bonds. The molecule has 0 radical (unpaired) electrons. The smallest absolute Gasteiger partial charge is 0.380 e. The maximum absolute atomic E-state index is 14.9. The number of hydrogen-bond donors (Lipinski definition) is 4. The molecular formula is C21H27F3N3O5P. The molecule has 33 heavy (non-hydrogen) atoms. The number of aromatic nitrogens is 1. The fraction of sp³-hybridized carbons (Fsp3) is 0.524. The first-order valence-electron chi connectivity index (χ1n) is 10.7. The lowest BCUT2D eigenvalue weighted by Gasteiger charge is -2.25. The monoisotopic (exact) mass is 489 g/mol. The van der Waals surface area contributed by atoms with Gasteiger partial charge in [-0.1, -0.05) is 19.3 Å². The van der Waals surface area contributed by atoms with Gasteiger partial charge in [-0.2, -0.15) is 8.78 Å². The van der Waals surface area contributed by atoms with Gasteiger partial charge in [0.2, 0.25) is 5.43 Å². The minimum atomic E-state index is -5.81. The largest absolute Gasteiger partial charge is 0.396 e. The molecule has 0 aliphatic heterocycles. The van der Waals surface area contributed by atoms with Gasteiger partial charge in [0.05, 0.1) is 17.7 Å². The SMILES string of the molecule is CC(C)n1cc(C(=O)NCC(F)(F)P(=O)(O)O)c(=O)c2cc(F)c(NC3CCCCC3)cc21. The molecule has 1 saturated carbocycles. The number of rotatable bonds is 7. The minimum absolute atomic E-state index is 0.107. The molecule has 12 heteroatoms. The Bertz CT molecular complexity index is 1160. The lowest BCUT2D eigenvalue weighted by molar-refractivity contribution is 0.0547. The van der Waals surface area contributed by atoms with Gasteiger partial charge in [-0.25, -0.2) is 4.39 Å². The third-order valence-electron chi connectivity index (χ3n) is 5.77.